The van der Waals surface area contributed by atoms with Gasteiger partial charge in [0.15, 0.2) is 0 Å². The molecule has 0 saturated carbocycles. The van der Waals surface area contributed by atoms with Crippen molar-refractivity contribution in [1.29, 1.82) is 0 Å². The van der Waals surface area contributed by atoms with Gasteiger partial charge in [-0.1, -0.05) is 6.58 Å². The molecule has 0 atom stereocenters. The highest BCUT2D eigenvalue weighted by Crippen LogP contribution is 2.37. The molecule has 0 aliphatic carbocycles. The second kappa shape index (κ2) is 4.70. The van der Waals surface area contributed by atoms with Gasteiger partial charge in [-0.25, -0.2) is 4.79 Å². The van der Waals surface area contributed by atoms with Crippen LogP contribution < -0.4 is 9.47 Å². The van der Waals surface area contributed by atoms with Gasteiger partial charge in [-0.2, -0.15) is 0 Å². The Morgan fingerprint density at radius 2 is 2.06 bits per heavy atom. The summed E-state index contributed by atoms with van der Waals surface area (Å²) >= 11 is 0. The first-order valence-corrected chi connectivity index (χ1v) is 4.72. The zero-order chi connectivity index (χ0) is 12.3. The van der Waals surface area contributed by atoms with Crippen LogP contribution in [0.25, 0.3) is 0 Å². The molecule has 1 aromatic rings. The molecule has 4 nitrogen and oxygen atoms in total. The van der Waals surface area contributed by atoms with Crippen molar-refractivity contribution in [3.05, 3.63) is 29.8 Å². The second-order valence-electron chi connectivity index (χ2n) is 3.30. The number of benzene rings is 1. The third-order valence-corrected chi connectivity index (χ3v) is 2.28. The Bertz CT molecular complexity index is 435. The summed E-state index contributed by atoms with van der Waals surface area (Å²) in [6.07, 6.45) is 1.06. The number of carbonyl (C=O) groups excluding carboxylic acids is 1. The molecule has 16 heavy (non-hydrogen) atoms. The predicted molar refractivity (Wildman–Crippen MR) is 60.0 cm³/mol. The fraction of sp³-hybridized carbons (Fsp3) is 0.250. The zero-order valence-corrected chi connectivity index (χ0v) is 9.53. The van der Waals surface area contributed by atoms with Crippen LogP contribution in [0.5, 0.6) is 17.2 Å². The molecule has 0 radical (unpaired) electrons. The van der Waals surface area contributed by atoms with Crippen LogP contribution in [0.3, 0.4) is 0 Å². The van der Waals surface area contributed by atoms with Crippen molar-refractivity contribution in [3.63, 3.8) is 0 Å². The average Bonchev–Trinajstić information content (AvgIpc) is 2.26. The lowest BCUT2D eigenvalue weighted by Gasteiger charge is -2.13. The summed E-state index contributed by atoms with van der Waals surface area (Å²) in [7, 11) is 1.49. The Balaban J connectivity index is 3.25. The van der Waals surface area contributed by atoms with Crippen LogP contribution >= 0.6 is 0 Å². The number of rotatable bonds is 3. The summed E-state index contributed by atoms with van der Waals surface area (Å²) in [5, 5.41) is 9.62. The number of esters is 1. The maximum absolute atomic E-state index is 11.1. The monoisotopic (exact) mass is 222 g/mol. The molecule has 86 valence electrons. The molecule has 1 rings (SSSR count). The molecular weight excluding hydrogens is 208 g/mol. The van der Waals surface area contributed by atoms with E-state index in [0.717, 1.165) is 6.08 Å². The van der Waals surface area contributed by atoms with Crippen LogP contribution in [0, 0.1) is 13.8 Å². The van der Waals surface area contributed by atoms with Crippen molar-refractivity contribution in [2.24, 2.45) is 0 Å². The quantitative estimate of drug-likeness (QED) is 0.483. The van der Waals surface area contributed by atoms with E-state index in [2.05, 4.69) is 6.58 Å². The fourth-order valence-electron chi connectivity index (χ4n) is 1.41. The molecule has 4 heteroatoms. The Kier molecular flexibility index (Phi) is 3.55. The maximum Gasteiger partial charge on any atom is 0.335 e. The number of carbonyl (C=O) groups is 1. The van der Waals surface area contributed by atoms with Crippen LogP contribution in [-0.4, -0.2) is 18.2 Å². The molecule has 0 saturated heterocycles. The van der Waals surface area contributed by atoms with Gasteiger partial charge in [0.1, 0.15) is 17.2 Å². The summed E-state index contributed by atoms with van der Waals surface area (Å²) in [6.45, 7) is 6.77. The molecule has 0 amide bonds. The largest absolute Gasteiger partial charge is 0.507 e. The topological polar surface area (TPSA) is 55.8 Å². The fourth-order valence-corrected chi connectivity index (χ4v) is 1.41. The maximum atomic E-state index is 11.1. The summed E-state index contributed by atoms with van der Waals surface area (Å²) < 4.78 is 10.1. The van der Waals surface area contributed by atoms with Gasteiger partial charge in [0.2, 0.25) is 0 Å². The summed E-state index contributed by atoms with van der Waals surface area (Å²) in [6, 6.07) is 1.38. The second-order valence-corrected chi connectivity index (χ2v) is 3.30. The van der Waals surface area contributed by atoms with E-state index in [1.165, 1.54) is 13.2 Å². The van der Waals surface area contributed by atoms with E-state index in [4.69, 9.17) is 9.47 Å². The number of hydrogen-bond acceptors (Lipinski definition) is 4. The third-order valence-electron chi connectivity index (χ3n) is 2.28. The molecule has 1 aromatic carbocycles. The van der Waals surface area contributed by atoms with Crippen LogP contribution in [0.1, 0.15) is 11.1 Å². The van der Waals surface area contributed by atoms with Gasteiger partial charge < -0.3 is 14.6 Å². The van der Waals surface area contributed by atoms with Crippen molar-refractivity contribution in [2.45, 2.75) is 13.8 Å². The molecule has 0 spiro atoms. The molecule has 0 bridgehead atoms. The van der Waals surface area contributed by atoms with Crippen LogP contribution in [0.4, 0.5) is 0 Å². The van der Waals surface area contributed by atoms with Crippen molar-refractivity contribution < 1.29 is 19.4 Å². The summed E-state index contributed by atoms with van der Waals surface area (Å²) in [4.78, 5) is 11.1. The van der Waals surface area contributed by atoms with Gasteiger partial charge in [0, 0.05) is 23.3 Å². The predicted octanol–water partition coefficient (Wildman–Crippen LogP) is 2.11. The number of phenolic OH excluding ortho intramolecular Hbond substituents is 1. The number of aromatic hydroxyl groups is 1. The van der Waals surface area contributed by atoms with Crippen molar-refractivity contribution in [2.75, 3.05) is 7.11 Å². The lowest BCUT2D eigenvalue weighted by molar-refractivity contribution is -0.129. The standard InChI is InChI=1S/C12H14O4/c1-5-11(14)16-10-6-9(13)7(2)12(15-4)8(10)3/h5-6,13H,1H2,2-4H3. The molecule has 0 unspecified atom stereocenters. The first-order valence-electron chi connectivity index (χ1n) is 4.72. The number of phenols is 1. The molecular formula is C12H14O4. The Hall–Kier alpha value is -1.97. The normalized spacial score (nSPS) is 9.69. The minimum absolute atomic E-state index is 0.0225. The zero-order valence-electron chi connectivity index (χ0n) is 9.53. The Labute approximate surface area is 94.1 Å². The van der Waals surface area contributed by atoms with E-state index in [-0.39, 0.29) is 11.5 Å². The van der Waals surface area contributed by atoms with Crippen LogP contribution in [0.2, 0.25) is 0 Å². The Morgan fingerprint density at radius 1 is 1.44 bits per heavy atom. The molecule has 0 fully saturated rings. The van der Waals surface area contributed by atoms with Gasteiger partial charge >= 0.3 is 5.97 Å². The van der Waals surface area contributed by atoms with E-state index in [0.29, 0.717) is 16.9 Å². The minimum Gasteiger partial charge on any atom is -0.507 e. The highest BCUT2D eigenvalue weighted by Gasteiger charge is 2.15. The first kappa shape index (κ1) is 12.1. The number of ether oxygens (including phenoxy) is 2. The SMILES string of the molecule is C=CC(=O)Oc1cc(O)c(C)c(OC)c1C. The lowest BCUT2D eigenvalue weighted by atomic mass is 10.1. The molecule has 0 aromatic heterocycles. The van der Waals surface area contributed by atoms with Gasteiger partial charge in [0.05, 0.1) is 7.11 Å². The molecule has 0 heterocycles. The number of hydrogen-bond donors (Lipinski definition) is 1. The average molecular weight is 222 g/mol. The summed E-state index contributed by atoms with van der Waals surface area (Å²) in [5.74, 6) is 0.222. The van der Waals surface area contributed by atoms with Crippen LogP contribution in [0.15, 0.2) is 18.7 Å². The minimum atomic E-state index is -0.576. The van der Waals surface area contributed by atoms with Crippen LogP contribution in [-0.2, 0) is 4.79 Å². The van der Waals surface area contributed by atoms with E-state index in [1.807, 2.05) is 0 Å². The first-order chi connectivity index (χ1) is 7.51. The van der Waals surface area contributed by atoms with E-state index >= 15 is 0 Å². The van der Waals surface area contributed by atoms with E-state index < -0.39 is 5.97 Å². The van der Waals surface area contributed by atoms with Gasteiger partial charge in [-0.15, -0.1) is 0 Å². The molecule has 0 aliphatic heterocycles. The highest BCUT2D eigenvalue weighted by molar-refractivity contribution is 5.84. The van der Waals surface area contributed by atoms with Crippen molar-refractivity contribution in [3.8, 4) is 17.2 Å². The smallest absolute Gasteiger partial charge is 0.335 e. The third kappa shape index (κ3) is 2.16. The van der Waals surface area contributed by atoms with Gasteiger partial charge in [-0.05, 0) is 13.8 Å². The van der Waals surface area contributed by atoms with E-state index in [9.17, 15) is 9.90 Å². The summed E-state index contributed by atoms with van der Waals surface area (Å²) in [5.41, 5.74) is 1.27. The molecule has 0 aliphatic rings. The van der Waals surface area contributed by atoms with Crippen molar-refractivity contribution in [1.82, 2.24) is 0 Å². The van der Waals surface area contributed by atoms with E-state index in [1.54, 1.807) is 13.8 Å². The Morgan fingerprint density at radius 3 is 2.56 bits per heavy atom. The lowest BCUT2D eigenvalue weighted by Crippen LogP contribution is -2.05. The number of methoxy groups -OCH3 is 1. The van der Waals surface area contributed by atoms with Gasteiger partial charge in [0.25, 0.3) is 0 Å². The molecule has 1 N–H and O–H groups in total. The highest BCUT2D eigenvalue weighted by atomic mass is 16.5. The van der Waals surface area contributed by atoms with Crippen molar-refractivity contribution >= 4 is 5.97 Å². The van der Waals surface area contributed by atoms with Gasteiger partial charge in [-0.3, -0.25) is 0 Å².